The highest BCUT2D eigenvalue weighted by atomic mass is 16.1. The molecule has 0 spiro atoms. The van der Waals surface area contributed by atoms with Gasteiger partial charge in [-0.1, -0.05) is 44.2 Å². The summed E-state index contributed by atoms with van der Waals surface area (Å²) in [5.41, 5.74) is 1.04. The van der Waals surface area contributed by atoms with E-state index in [9.17, 15) is 4.79 Å². The highest BCUT2D eigenvalue weighted by molar-refractivity contribution is 5.91. The van der Waals surface area contributed by atoms with Crippen LogP contribution >= 0.6 is 0 Å². The molecule has 80 valence electrons. The van der Waals surface area contributed by atoms with E-state index in [-0.39, 0.29) is 5.91 Å². The fourth-order valence-electron chi connectivity index (χ4n) is 1.10. The van der Waals surface area contributed by atoms with Gasteiger partial charge in [-0.05, 0) is 17.6 Å². The minimum Gasteiger partial charge on any atom is -0.352 e. The molecule has 0 bridgehead atoms. The Morgan fingerprint density at radius 1 is 1.33 bits per heavy atom. The lowest BCUT2D eigenvalue weighted by atomic mass is 10.2. The Balaban J connectivity index is 2.41. The molecule has 1 rings (SSSR count). The van der Waals surface area contributed by atoms with Gasteiger partial charge in [-0.15, -0.1) is 0 Å². The lowest BCUT2D eigenvalue weighted by Crippen LogP contribution is -2.25. The Labute approximate surface area is 91.0 Å². The van der Waals surface area contributed by atoms with Crippen LogP contribution in [0, 0.1) is 5.92 Å². The highest BCUT2D eigenvalue weighted by Gasteiger charge is 1.96. The fourth-order valence-corrected chi connectivity index (χ4v) is 1.10. The van der Waals surface area contributed by atoms with Crippen LogP contribution in [0.25, 0.3) is 6.08 Å². The number of benzene rings is 1. The van der Waals surface area contributed by atoms with E-state index in [1.165, 1.54) is 0 Å². The summed E-state index contributed by atoms with van der Waals surface area (Å²) in [6.45, 7) is 4.86. The molecule has 1 aromatic rings. The van der Waals surface area contributed by atoms with Crippen molar-refractivity contribution in [2.45, 2.75) is 13.8 Å². The van der Waals surface area contributed by atoms with E-state index in [2.05, 4.69) is 19.2 Å². The zero-order valence-corrected chi connectivity index (χ0v) is 9.23. The molecule has 0 aliphatic carbocycles. The predicted molar refractivity (Wildman–Crippen MR) is 63.3 cm³/mol. The van der Waals surface area contributed by atoms with Gasteiger partial charge in [-0.25, -0.2) is 0 Å². The van der Waals surface area contributed by atoms with Crippen LogP contribution in [0.1, 0.15) is 19.4 Å². The first-order valence-electron chi connectivity index (χ1n) is 5.19. The summed E-state index contributed by atoms with van der Waals surface area (Å²) in [4.78, 5) is 11.3. The number of nitrogens with one attached hydrogen (secondary N) is 1. The maximum absolute atomic E-state index is 11.3. The van der Waals surface area contributed by atoms with Gasteiger partial charge in [0, 0.05) is 12.6 Å². The molecule has 0 atom stereocenters. The molecule has 0 fully saturated rings. The van der Waals surface area contributed by atoms with E-state index in [0.29, 0.717) is 5.92 Å². The first-order valence-corrected chi connectivity index (χ1v) is 5.19. The van der Waals surface area contributed by atoms with Gasteiger partial charge in [0.05, 0.1) is 0 Å². The van der Waals surface area contributed by atoms with Crippen molar-refractivity contribution >= 4 is 12.0 Å². The van der Waals surface area contributed by atoms with E-state index in [4.69, 9.17) is 0 Å². The first-order chi connectivity index (χ1) is 7.18. The summed E-state index contributed by atoms with van der Waals surface area (Å²) in [5, 5.41) is 2.83. The molecule has 1 N–H and O–H groups in total. The maximum atomic E-state index is 11.3. The monoisotopic (exact) mass is 203 g/mol. The van der Waals surface area contributed by atoms with Crippen LogP contribution in [0.4, 0.5) is 0 Å². The molecule has 0 saturated carbocycles. The smallest absolute Gasteiger partial charge is 0.244 e. The molecule has 0 radical (unpaired) electrons. The molecule has 0 saturated heterocycles. The van der Waals surface area contributed by atoms with Gasteiger partial charge in [0.15, 0.2) is 0 Å². The Kier molecular flexibility index (Phi) is 4.61. The zero-order valence-electron chi connectivity index (χ0n) is 9.23. The second-order valence-electron chi connectivity index (χ2n) is 3.88. The van der Waals surface area contributed by atoms with Crippen LogP contribution in [0.15, 0.2) is 36.4 Å². The van der Waals surface area contributed by atoms with Crippen molar-refractivity contribution in [3.63, 3.8) is 0 Å². The van der Waals surface area contributed by atoms with Crippen molar-refractivity contribution in [2.75, 3.05) is 6.54 Å². The topological polar surface area (TPSA) is 29.1 Å². The fraction of sp³-hybridized carbons (Fsp3) is 0.308. The number of rotatable bonds is 4. The van der Waals surface area contributed by atoms with E-state index in [1.807, 2.05) is 36.4 Å². The molecular weight excluding hydrogens is 186 g/mol. The summed E-state index contributed by atoms with van der Waals surface area (Å²) in [6.07, 6.45) is 3.38. The third-order valence-corrected chi connectivity index (χ3v) is 1.91. The Morgan fingerprint density at radius 3 is 2.60 bits per heavy atom. The number of hydrogen-bond donors (Lipinski definition) is 1. The quantitative estimate of drug-likeness (QED) is 0.748. The molecule has 0 aromatic heterocycles. The molecule has 0 aliphatic rings. The largest absolute Gasteiger partial charge is 0.352 e. The number of carbonyl (C=O) groups excluding carboxylic acids is 1. The van der Waals surface area contributed by atoms with Crippen molar-refractivity contribution in [3.05, 3.63) is 42.0 Å². The van der Waals surface area contributed by atoms with Gasteiger partial charge in [0.25, 0.3) is 0 Å². The molecule has 0 aliphatic heterocycles. The predicted octanol–water partition coefficient (Wildman–Crippen LogP) is 2.47. The van der Waals surface area contributed by atoms with Gasteiger partial charge in [-0.3, -0.25) is 4.79 Å². The second kappa shape index (κ2) is 6.02. The Hall–Kier alpha value is -1.57. The first kappa shape index (κ1) is 11.5. The Morgan fingerprint density at radius 2 is 2.00 bits per heavy atom. The summed E-state index contributed by atoms with van der Waals surface area (Å²) >= 11 is 0. The molecular formula is C13H17NO. The minimum absolute atomic E-state index is 0.0347. The number of amides is 1. The summed E-state index contributed by atoms with van der Waals surface area (Å²) in [5.74, 6) is 0.451. The van der Waals surface area contributed by atoms with Crippen LogP contribution in [0.5, 0.6) is 0 Å². The zero-order chi connectivity index (χ0) is 11.1. The molecule has 2 nitrogen and oxygen atoms in total. The Bertz CT molecular complexity index is 328. The standard InChI is InChI=1S/C13H17NO/c1-11(2)10-14-13(15)9-8-12-6-4-3-5-7-12/h3-9,11H,10H2,1-2H3,(H,14,15)/b9-8+. The van der Waals surface area contributed by atoms with E-state index >= 15 is 0 Å². The van der Waals surface area contributed by atoms with Crippen LogP contribution in [0.2, 0.25) is 0 Å². The molecule has 1 aromatic carbocycles. The average molecular weight is 203 g/mol. The van der Waals surface area contributed by atoms with Crippen LogP contribution < -0.4 is 5.32 Å². The second-order valence-corrected chi connectivity index (χ2v) is 3.88. The van der Waals surface area contributed by atoms with Gasteiger partial charge in [0.2, 0.25) is 5.91 Å². The third-order valence-electron chi connectivity index (χ3n) is 1.91. The van der Waals surface area contributed by atoms with Gasteiger partial charge in [0.1, 0.15) is 0 Å². The highest BCUT2D eigenvalue weighted by Crippen LogP contribution is 2.00. The van der Waals surface area contributed by atoms with Crippen molar-refractivity contribution < 1.29 is 4.79 Å². The van der Waals surface area contributed by atoms with Crippen LogP contribution in [-0.2, 0) is 4.79 Å². The average Bonchev–Trinajstić information content (AvgIpc) is 2.25. The van der Waals surface area contributed by atoms with Gasteiger partial charge < -0.3 is 5.32 Å². The number of hydrogen-bond acceptors (Lipinski definition) is 1. The van der Waals surface area contributed by atoms with Crippen molar-refractivity contribution in [3.8, 4) is 0 Å². The summed E-state index contributed by atoms with van der Waals surface area (Å²) in [7, 11) is 0. The molecule has 15 heavy (non-hydrogen) atoms. The lowest BCUT2D eigenvalue weighted by molar-refractivity contribution is -0.116. The van der Waals surface area contributed by atoms with Crippen LogP contribution in [0.3, 0.4) is 0 Å². The van der Waals surface area contributed by atoms with Crippen molar-refractivity contribution in [1.29, 1.82) is 0 Å². The van der Waals surface area contributed by atoms with E-state index in [1.54, 1.807) is 6.08 Å². The van der Waals surface area contributed by atoms with E-state index in [0.717, 1.165) is 12.1 Å². The van der Waals surface area contributed by atoms with Crippen molar-refractivity contribution in [2.24, 2.45) is 5.92 Å². The third kappa shape index (κ3) is 5.01. The maximum Gasteiger partial charge on any atom is 0.244 e. The normalized spacial score (nSPS) is 10.9. The van der Waals surface area contributed by atoms with Crippen LogP contribution in [-0.4, -0.2) is 12.5 Å². The summed E-state index contributed by atoms with van der Waals surface area (Å²) < 4.78 is 0. The molecule has 1 amide bonds. The molecule has 0 heterocycles. The van der Waals surface area contributed by atoms with E-state index < -0.39 is 0 Å². The van der Waals surface area contributed by atoms with Gasteiger partial charge >= 0.3 is 0 Å². The summed E-state index contributed by atoms with van der Waals surface area (Å²) in [6, 6.07) is 9.78. The lowest BCUT2D eigenvalue weighted by Gasteiger charge is -2.04. The number of carbonyl (C=O) groups is 1. The molecule has 0 unspecified atom stereocenters. The SMILES string of the molecule is CC(C)CNC(=O)/C=C/c1ccccc1. The minimum atomic E-state index is -0.0347. The molecule has 2 heteroatoms. The van der Waals surface area contributed by atoms with Gasteiger partial charge in [-0.2, -0.15) is 0 Å². The van der Waals surface area contributed by atoms with Crippen molar-refractivity contribution in [1.82, 2.24) is 5.32 Å².